The Morgan fingerprint density at radius 2 is 2.09 bits per heavy atom. The Labute approximate surface area is 133 Å². The van der Waals surface area contributed by atoms with Crippen molar-refractivity contribution in [3.63, 3.8) is 0 Å². The molecule has 2 N–H and O–H groups in total. The van der Waals surface area contributed by atoms with Crippen molar-refractivity contribution < 1.29 is 9.59 Å². The maximum atomic E-state index is 12.6. The number of hydrogen-bond donors (Lipinski definition) is 1. The molecule has 0 radical (unpaired) electrons. The second-order valence-corrected chi connectivity index (χ2v) is 5.65. The van der Waals surface area contributed by atoms with Crippen LogP contribution in [-0.2, 0) is 13.0 Å². The standard InChI is InChI=1S/C15H18N6O2/c1-19(2)15(23)20-6-4-11-10(9-20)7-17-8-12(11)14(22)21-13(16)3-5-18-21/h3,5,7-8H,4,6,9,16H2,1-2H3. The lowest BCUT2D eigenvalue weighted by Crippen LogP contribution is -2.42. The molecule has 0 fully saturated rings. The summed E-state index contributed by atoms with van der Waals surface area (Å²) in [5.41, 5.74) is 8.02. The first-order valence-electron chi connectivity index (χ1n) is 7.25. The average molecular weight is 314 g/mol. The molecule has 3 rings (SSSR count). The highest BCUT2D eigenvalue weighted by Crippen LogP contribution is 2.23. The van der Waals surface area contributed by atoms with Crippen LogP contribution in [0, 0.1) is 0 Å². The average Bonchev–Trinajstić information content (AvgIpc) is 2.98. The van der Waals surface area contributed by atoms with Crippen LogP contribution in [0.2, 0.25) is 0 Å². The molecular formula is C15H18N6O2. The number of carbonyl (C=O) groups is 2. The molecule has 0 unspecified atom stereocenters. The molecule has 120 valence electrons. The predicted molar refractivity (Wildman–Crippen MR) is 83.8 cm³/mol. The summed E-state index contributed by atoms with van der Waals surface area (Å²) in [5.74, 6) is -0.0166. The van der Waals surface area contributed by atoms with Gasteiger partial charge in [0.05, 0.1) is 11.8 Å². The number of hydrogen-bond acceptors (Lipinski definition) is 5. The van der Waals surface area contributed by atoms with Gasteiger partial charge in [0, 0.05) is 45.6 Å². The minimum atomic E-state index is -0.302. The Hall–Kier alpha value is -2.90. The summed E-state index contributed by atoms with van der Waals surface area (Å²) >= 11 is 0. The van der Waals surface area contributed by atoms with E-state index in [1.165, 1.54) is 17.3 Å². The quantitative estimate of drug-likeness (QED) is 0.831. The third kappa shape index (κ3) is 2.63. The molecule has 0 aromatic carbocycles. The Kier molecular flexibility index (Phi) is 3.73. The Bertz CT molecular complexity index is 767. The van der Waals surface area contributed by atoms with Crippen LogP contribution in [0.25, 0.3) is 0 Å². The number of fused-ring (bicyclic) bond motifs is 1. The summed E-state index contributed by atoms with van der Waals surface area (Å²) < 4.78 is 1.16. The van der Waals surface area contributed by atoms with E-state index in [0.717, 1.165) is 15.8 Å². The van der Waals surface area contributed by atoms with Gasteiger partial charge in [-0.15, -0.1) is 0 Å². The van der Waals surface area contributed by atoms with Gasteiger partial charge in [0.1, 0.15) is 5.82 Å². The Morgan fingerprint density at radius 3 is 2.74 bits per heavy atom. The molecule has 23 heavy (non-hydrogen) atoms. The van der Waals surface area contributed by atoms with Crippen LogP contribution in [0.1, 0.15) is 21.5 Å². The summed E-state index contributed by atoms with van der Waals surface area (Å²) in [6.07, 6.45) is 5.31. The second-order valence-electron chi connectivity index (χ2n) is 5.65. The normalized spacial score (nSPS) is 13.6. The molecule has 1 aliphatic rings. The van der Waals surface area contributed by atoms with Gasteiger partial charge in [-0.1, -0.05) is 0 Å². The largest absolute Gasteiger partial charge is 0.383 e. The van der Waals surface area contributed by atoms with E-state index >= 15 is 0 Å². The van der Waals surface area contributed by atoms with Crippen LogP contribution in [0.4, 0.5) is 10.6 Å². The number of carbonyl (C=O) groups excluding carboxylic acids is 2. The summed E-state index contributed by atoms with van der Waals surface area (Å²) in [6, 6.07) is 1.52. The number of nitrogen functional groups attached to an aromatic ring is 1. The smallest absolute Gasteiger partial charge is 0.319 e. The van der Waals surface area contributed by atoms with Gasteiger partial charge in [0.25, 0.3) is 5.91 Å². The van der Waals surface area contributed by atoms with Crippen LogP contribution < -0.4 is 5.73 Å². The highest BCUT2D eigenvalue weighted by Gasteiger charge is 2.26. The third-order valence-electron chi connectivity index (χ3n) is 3.89. The van der Waals surface area contributed by atoms with Crippen LogP contribution >= 0.6 is 0 Å². The van der Waals surface area contributed by atoms with E-state index in [2.05, 4.69) is 10.1 Å². The highest BCUT2D eigenvalue weighted by molar-refractivity contribution is 5.98. The lowest BCUT2D eigenvalue weighted by atomic mass is 9.97. The number of urea groups is 1. The SMILES string of the molecule is CN(C)C(=O)N1CCc2c(cncc2C(=O)n2nccc2N)C1. The number of amides is 2. The van der Waals surface area contributed by atoms with Gasteiger partial charge in [-0.2, -0.15) is 9.78 Å². The minimum absolute atomic E-state index is 0.0521. The molecule has 1 aliphatic heterocycles. The molecule has 2 aromatic rings. The topological polar surface area (TPSA) is 97.4 Å². The van der Waals surface area contributed by atoms with Crippen molar-refractivity contribution in [2.24, 2.45) is 0 Å². The van der Waals surface area contributed by atoms with E-state index in [0.29, 0.717) is 25.1 Å². The van der Waals surface area contributed by atoms with E-state index in [9.17, 15) is 9.59 Å². The van der Waals surface area contributed by atoms with Crippen molar-refractivity contribution in [3.8, 4) is 0 Å². The van der Waals surface area contributed by atoms with E-state index in [1.807, 2.05) is 0 Å². The van der Waals surface area contributed by atoms with Gasteiger partial charge >= 0.3 is 6.03 Å². The van der Waals surface area contributed by atoms with Gasteiger partial charge in [-0.25, -0.2) is 4.79 Å². The first-order valence-corrected chi connectivity index (χ1v) is 7.25. The zero-order valence-corrected chi connectivity index (χ0v) is 13.1. The number of aromatic nitrogens is 3. The number of nitrogens with two attached hydrogens (primary N) is 1. The van der Waals surface area contributed by atoms with Crippen molar-refractivity contribution >= 4 is 17.8 Å². The zero-order valence-electron chi connectivity index (χ0n) is 13.1. The van der Waals surface area contributed by atoms with Gasteiger partial charge in [-0.3, -0.25) is 9.78 Å². The zero-order chi connectivity index (χ0) is 16.6. The van der Waals surface area contributed by atoms with Crippen molar-refractivity contribution in [1.82, 2.24) is 24.6 Å². The van der Waals surface area contributed by atoms with Crippen molar-refractivity contribution in [3.05, 3.63) is 41.3 Å². The lowest BCUT2D eigenvalue weighted by Gasteiger charge is -2.31. The third-order valence-corrected chi connectivity index (χ3v) is 3.89. The number of anilines is 1. The highest BCUT2D eigenvalue weighted by atomic mass is 16.2. The molecule has 8 heteroatoms. The second kappa shape index (κ2) is 5.71. The fourth-order valence-electron chi connectivity index (χ4n) is 2.72. The molecule has 2 amide bonds. The van der Waals surface area contributed by atoms with Crippen LogP contribution in [-0.4, -0.2) is 57.1 Å². The number of rotatable bonds is 1. The predicted octanol–water partition coefficient (Wildman–Crippen LogP) is 0.588. The van der Waals surface area contributed by atoms with E-state index in [-0.39, 0.29) is 17.8 Å². The Morgan fingerprint density at radius 1 is 1.30 bits per heavy atom. The van der Waals surface area contributed by atoms with Gasteiger partial charge in [-0.05, 0) is 17.5 Å². The molecule has 0 bridgehead atoms. The number of pyridine rings is 1. The molecule has 0 spiro atoms. The fraction of sp³-hybridized carbons (Fsp3) is 0.333. The molecule has 8 nitrogen and oxygen atoms in total. The Balaban J connectivity index is 1.93. The van der Waals surface area contributed by atoms with Gasteiger partial charge < -0.3 is 15.5 Å². The van der Waals surface area contributed by atoms with E-state index in [1.54, 1.807) is 31.3 Å². The minimum Gasteiger partial charge on any atom is -0.383 e. The van der Waals surface area contributed by atoms with Crippen LogP contribution in [0.3, 0.4) is 0 Å². The van der Waals surface area contributed by atoms with Crippen LogP contribution in [0.15, 0.2) is 24.7 Å². The monoisotopic (exact) mass is 314 g/mol. The first-order chi connectivity index (χ1) is 11.0. The summed E-state index contributed by atoms with van der Waals surface area (Å²) in [7, 11) is 3.44. The summed E-state index contributed by atoms with van der Waals surface area (Å²) in [4.78, 5) is 32.1. The van der Waals surface area contributed by atoms with Crippen LogP contribution in [0.5, 0.6) is 0 Å². The van der Waals surface area contributed by atoms with E-state index < -0.39 is 0 Å². The molecule has 0 saturated carbocycles. The van der Waals surface area contributed by atoms with Crippen molar-refractivity contribution in [1.29, 1.82) is 0 Å². The lowest BCUT2D eigenvalue weighted by molar-refractivity contribution is 0.0946. The molecule has 2 aromatic heterocycles. The fourth-order valence-corrected chi connectivity index (χ4v) is 2.72. The van der Waals surface area contributed by atoms with Crippen molar-refractivity contribution in [2.45, 2.75) is 13.0 Å². The summed E-state index contributed by atoms with van der Waals surface area (Å²) in [6.45, 7) is 0.998. The van der Waals surface area contributed by atoms with Crippen molar-refractivity contribution in [2.75, 3.05) is 26.4 Å². The maximum Gasteiger partial charge on any atom is 0.319 e. The van der Waals surface area contributed by atoms with Gasteiger partial charge in [0.2, 0.25) is 0 Å². The molecule has 3 heterocycles. The number of nitrogens with zero attached hydrogens (tertiary/aromatic N) is 5. The summed E-state index contributed by atoms with van der Waals surface area (Å²) in [5, 5.41) is 3.95. The molecule has 0 aliphatic carbocycles. The molecule has 0 atom stereocenters. The first kappa shape index (κ1) is 15.0. The van der Waals surface area contributed by atoms with E-state index in [4.69, 9.17) is 5.73 Å². The maximum absolute atomic E-state index is 12.6. The molecular weight excluding hydrogens is 296 g/mol. The molecule has 0 saturated heterocycles. The van der Waals surface area contributed by atoms with Gasteiger partial charge in [0.15, 0.2) is 0 Å².